The zero-order valence-electron chi connectivity index (χ0n) is 22.5. The van der Waals surface area contributed by atoms with Gasteiger partial charge in [-0.15, -0.1) is 10.2 Å². The maximum Gasteiger partial charge on any atom is 0.301 e. The van der Waals surface area contributed by atoms with Crippen LogP contribution in [0.4, 0.5) is 5.13 Å². The Kier molecular flexibility index (Phi) is 7.90. The predicted molar refractivity (Wildman–Crippen MR) is 168 cm³/mol. The van der Waals surface area contributed by atoms with Crippen molar-refractivity contribution in [2.24, 2.45) is 0 Å². The first-order chi connectivity index (χ1) is 20.7. The number of thioether (sulfide) groups is 1. The normalized spacial score (nSPS) is 16.4. The Morgan fingerprint density at radius 1 is 1.16 bits per heavy atom. The standard InChI is InChI=1S/C29H21BrClN5O5S2/c1-14-22(35-10-4-3-5-20(35)32-14)25(38)21-23(16-11-18(30)24(37)19(12-16)41-2)36(27(40)26(21)39)28-33-34-29(43-28)42-13-15-6-8-17(31)9-7-15/h3-12,23,37-38H,13H2,1-2H3. The minimum atomic E-state index is -1.12. The maximum absolute atomic E-state index is 13.7. The number of hydrogen-bond acceptors (Lipinski definition) is 10. The molecule has 0 saturated carbocycles. The number of phenols is 1. The summed E-state index contributed by atoms with van der Waals surface area (Å²) in [5.41, 5.74) is 2.56. The number of nitrogens with zero attached hydrogens (tertiary/aromatic N) is 5. The predicted octanol–water partition coefficient (Wildman–Crippen LogP) is 6.54. The van der Waals surface area contributed by atoms with Crippen LogP contribution in [0.15, 0.2) is 75.2 Å². The molecule has 218 valence electrons. The molecule has 1 aliphatic rings. The molecular weight excluding hydrogens is 678 g/mol. The Bertz CT molecular complexity index is 1940. The third kappa shape index (κ3) is 5.26. The Morgan fingerprint density at radius 2 is 1.93 bits per heavy atom. The molecule has 1 unspecified atom stereocenters. The number of imidazole rings is 1. The van der Waals surface area contributed by atoms with Crippen molar-refractivity contribution in [3.63, 3.8) is 0 Å². The summed E-state index contributed by atoms with van der Waals surface area (Å²) in [7, 11) is 1.39. The van der Waals surface area contributed by atoms with E-state index in [1.165, 1.54) is 29.8 Å². The van der Waals surface area contributed by atoms with Crippen molar-refractivity contribution in [1.82, 2.24) is 19.6 Å². The van der Waals surface area contributed by atoms with Gasteiger partial charge in [0.25, 0.3) is 5.78 Å². The van der Waals surface area contributed by atoms with Crippen LogP contribution in [0.3, 0.4) is 0 Å². The summed E-state index contributed by atoms with van der Waals surface area (Å²) in [6, 6.07) is 14.7. The summed E-state index contributed by atoms with van der Waals surface area (Å²) in [5, 5.41) is 31.5. The van der Waals surface area contributed by atoms with E-state index in [4.69, 9.17) is 16.3 Å². The van der Waals surface area contributed by atoms with Crippen LogP contribution in [0.1, 0.15) is 28.6 Å². The largest absolute Gasteiger partial charge is 0.505 e. The SMILES string of the molecule is COc1cc(C2C(=C(O)c3c(C)nc4ccccn34)C(=O)C(=O)N2c2nnc(SCc3ccc(Cl)cc3)s2)cc(Br)c1O. The zero-order valence-corrected chi connectivity index (χ0v) is 26.5. The molecule has 0 aliphatic carbocycles. The van der Waals surface area contributed by atoms with Gasteiger partial charge >= 0.3 is 5.91 Å². The minimum absolute atomic E-state index is 0.109. The maximum atomic E-state index is 13.7. The molecule has 0 spiro atoms. The smallest absolute Gasteiger partial charge is 0.301 e. The lowest BCUT2D eigenvalue weighted by Gasteiger charge is -2.23. The quantitative estimate of drug-likeness (QED) is 0.0640. The molecule has 14 heteroatoms. The number of carbonyl (C=O) groups is 2. The van der Waals surface area contributed by atoms with Crippen molar-refractivity contribution in [1.29, 1.82) is 0 Å². The van der Waals surface area contributed by atoms with Gasteiger partial charge in [0, 0.05) is 17.0 Å². The van der Waals surface area contributed by atoms with Crippen LogP contribution >= 0.6 is 50.6 Å². The number of methoxy groups -OCH3 is 1. The number of ketones is 1. The Hall–Kier alpha value is -3.91. The van der Waals surface area contributed by atoms with E-state index in [1.54, 1.807) is 47.9 Å². The first-order valence-corrected chi connectivity index (χ1v) is 15.7. The number of aromatic nitrogens is 4. The molecule has 10 nitrogen and oxygen atoms in total. The number of aliphatic hydroxyl groups excluding tert-OH is 1. The second-order valence-corrected chi connectivity index (χ2v) is 12.9. The molecule has 1 saturated heterocycles. The fourth-order valence-electron chi connectivity index (χ4n) is 4.86. The number of pyridine rings is 1. The molecule has 1 aliphatic heterocycles. The molecule has 2 aromatic carbocycles. The average molecular weight is 699 g/mol. The molecule has 1 atom stereocenters. The van der Waals surface area contributed by atoms with Gasteiger partial charge in [-0.05, 0) is 70.4 Å². The third-order valence-electron chi connectivity index (χ3n) is 6.84. The number of benzene rings is 2. The van der Waals surface area contributed by atoms with Crippen LogP contribution in [0.2, 0.25) is 5.02 Å². The number of amides is 1. The van der Waals surface area contributed by atoms with Gasteiger partial charge < -0.3 is 14.9 Å². The Morgan fingerprint density at radius 3 is 2.67 bits per heavy atom. The summed E-state index contributed by atoms with van der Waals surface area (Å²) < 4.78 is 7.85. The van der Waals surface area contributed by atoms with E-state index in [1.807, 2.05) is 18.2 Å². The lowest BCUT2D eigenvalue weighted by Crippen LogP contribution is -2.29. The molecule has 6 rings (SSSR count). The van der Waals surface area contributed by atoms with E-state index >= 15 is 0 Å². The van der Waals surface area contributed by atoms with E-state index < -0.39 is 23.5 Å². The number of fused-ring (bicyclic) bond motifs is 1. The number of carbonyl (C=O) groups excluding carboxylic acids is 2. The van der Waals surface area contributed by atoms with Crippen LogP contribution in [-0.2, 0) is 15.3 Å². The van der Waals surface area contributed by atoms with Crippen LogP contribution in [0, 0.1) is 6.92 Å². The van der Waals surface area contributed by atoms with Crippen LogP contribution < -0.4 is 9.64 Å². The highest BCUT2D eigenvalue weighted by Gasteiger charge is 2.49. The number of anilines is 1. The van der Waals surface area contributed by atoms with Gasteiger partial charge in [-0.25, -0.2) is 4.98 Å². The number of phenolic OH excluding ortho intramolecular Hbond substituents is 1. The highest BCUT2D eigenvalue weighted by molar-refractivity contribution is 9.10. The van der Waals surface area contributed by atoms with E-state index in [2.05, 4.69) is 31.1 Å². The van der Waals surface area contributed by atoms with Crippen molar-refractivity contribution in [2.75, 3.05) is 12.0 Å². The lowest BCUT2D eigenvalue weighted by atomic mass is 9.96. The number of hydrogen-bond donors (Lipinski definition) is 2. The van der Waals surface area contributed by atoms with Crippen molar-refractivity contribution in [3.05, 3.63) is 98.4 Å². The molecule has 1 amide bonds. The van der Waals surface area contributed by atoms with Crippen molar-refractivity contribution in [3.8, 4) is 11.5 Å². The molecule has 0 bridgehead atoms. The van der Waals surface area contributed by atoms with Crippen molar-refractivity contribution < 1.29 is 24.5 Å². The van der Waals surface area contributed by atoms with Crippen molar-refractivity contribution >= 4 is 78.9 Å². The molecule has 2 N–H and O–H groups in total. The zero-order chi connectivity index (χ0) is 30.4. The number of aromatic hydroxyl groups is 1. The summed E-state index contributed by atoms with van der Waals surface area (Å²) in [4.78, 5) is 33.1. The molecule has 1 fully saturated rings. The molecule has 3 aromatic heterocycles. The molecule has 0 radical (unpaired) electrons. The Balaban J connectivity index is 1.48. The van der Waals surface area contributed by atoms with Crippen LogP contribution in [-0.4, -0.2) is 48.6 Å². The number of rotatable bonds is 7. The molecule has 4 heterocycles. The van der Waals surface area contributed by atoms with Gasteiger partial charge in [0.15, 0.2) is 21.6 Å². The van der Waals surface area contributed by atoms with Crippen LogP contribution in [0.25, 0.3) is 11.4 Å². The fourth-order valence-corrected chi connectivity index (χ4v) is 7.27. The Labute approximate surface area is 266 Å². The van der Waals surface area contributed by atoms with Gasteiger partial charge in [0.05, 0.1) is 28.9 Å². The topological polar surface area (TPSA) is 130 Å². The lowest BCUT2D eigenvalue weighted by molar-refractivity contribution is -0.132. The van der Waals surface area contributed by atoms with E-state index in [-0.39, 0.29) is 32.4 Å². The highest BCUT2D eigenvalue weighted by Crippen LogP contribution is 2.47. The summed E-state index contributed by atoms with van der Waals surface area (Å²) in [6.45, 7) is 1.71. The van der Waals surface area contributed by atoms with Crippen molar-refractivity contribution in [2.45, 2.75) is 23.1 Å². The fraction of sp³-hybridized carbons (Fsp3) is 0.138. The summed E-state index contributed by atoms with van der Waals surface area (Å²) >= 11 is 11.9. The van der Waals surface area contributed by atoms with E-state index in [0.29, 0.717) is 32.0 Å². The molecular formula is C29H21BrClN5O5S2. The number of Topliss-reactive ketones (excluding diaryl/α,β-unsaturated/α-hetero) is 1. The monoisotopic (exact) mass is 697 g/mol. The van der Waals surface area contributed by atoms with Gasteiger partial charge in [0.1, 0.15) is 11.3 Å². The first kappa shape index (κ1) is 29.2. The third-order valence-corrected chi connectivity index (χ3v) is 9.82. The number of halogens is 2. The second-order valence-electron chi connectivity index (χ2n) is 9.46. The first-order valence-electron chi connectivity index (χ1n) is 12.7. The minimum Gasteiger partial charge on any atom is -0.505 e. The highest BCUT2D eigenvalue weighted by atomic mass is 79.9. The van der Waals surface area contributed by atoms with Gasteiger partial charge in [-0.2, -0.15) is 0 Å². The number of ether oxygens (including phenoxy) is 1. The number of aryl methyl sites for hydroxylation is 1. The molecule has 5 aromatic rings. The van der Waals surface area contributed by atoms with Gasteiger partial charge in [-0.3, -0.25) is 18.9 Å². The average Bonchev–Trinajstić information content (AvgIpc) is 3.67. The van der Waals surface area contributed by atoms with Gasteiger partial charge in [-0.1, -0.05) is 52.9 Å². The summed E-state index contributed by atoms with van der Waals surface area (Å²) in [6.07, 6.45) is 1.71. The number of aliphatic hydroxyl groups is 1. The van der Waals surface area contributed by atoms with E-state index in [9.17, 15) is 19.8 Å². The van der Waals surface area contributed by atoms with E-state index in [0.717, 1.165) is 16.9 Å². The second kappa shape index (κ2) is 11.6. The van der Waals surface area contributed by atoms with Crippen LogP contribution in [0.5, 0.6) is 11.5 Å². The summed E-state index contributed by atoms with van der Waals surface area (Å²) in [5.74, 6) is -1.64. The molecule has 43 heavy (non-hydrogen) atoms. The van der Waals surface area contributed by atoms with Gasteiger partial charge in [0.2, 0.25) is 5.13 Å².